The van der Waals surface area contributed by atoms with Crippen molar-refractivity contribution in [3.63, 3.8) is 0 Å². The summed E-state index contributed by atoms with van der Waals surface area (Å²) in [5.41, 5.74) is 6.41. The number of rotatable bonds is 1. The van der Waals surface area contributed by atoms with Crippen molar-refractivity contribution in [3.8, 4) is 11.4 Å². The number of halogens is 1. The molecule has 17 heavy (non-hydrogen) atoms. The summed E-state index contributed by atoms with van der Waals surface area (Å²) in [5.74, 6) is 0.155. The minimum absolute atomic E-state index is 0.135. The molecule has 0 bridgehead atoms. The van der Waals surface area contributed by atoms with Crippen LogP contribution in [0.5, 0.6) is 0 Å². The summed E-state index contributed by atoms with van der Waals surface area (Å²) in [7, 11) is 0. The zero-order chi connectivity index (χ0) is 11.8. The summed E-state index contributed by atoms with van der Waals surface area (Å²) in [4.78, 5) is 8.11. The third kappa shape index (κ3) is 1.50. The van der Waals surface area contributed by atoms with E-state index < -0.39 is 0 Å². The molecule has 2 heterocycles. The van der Waals surface area contributed by atoms with Gasteiger partial charge in [-0.05, 0) is 12.1 Å². The smallest absolute Gasteiger partial charge is 0.240 e. The van der Waals surface area contributed by atoms with E-state index in [0.717, 1.165) is 0 Å². The highest BCUT2D eigenvalue weighted by atomic mass is 19.1. The van der Waals surface area contributed by atoms with Crippen molar-refractivity contribution in [1.29, 1.82) is 0 Å². The molecular weight excluding hydrogens is 221 g/mol. The summed E-state index contributed by atoms with van der Waals surface area (Å²) in [6.07, 6.45) is 1.55. The molecular formula is C11H8FN5. The summed E-state index contributed by atoms with van der Waals surface area (Å²) in [5, 5.41) is 3.98. The maximum Gasteiger partial charge on any atom is 0.240 e. The predicted octanol–water partition coefficient (Wildman–Crippen LogP) is 1.51. The standard InChI is InChI=1S/C11H8FN5/c12-8-4-2-1-3-7(8)10-14-6-5-9-15-11(13)16-17(9)10/h1-6H,(H2,13,16). The van der Waals surface area contributed by atoms with Crippen LogP contribution in [0.2, 0.25) is 0 Å². The van der Waals surface area contributed by atoms with Gasteiger partial charge in [0.1, 0.15) is 5.82 Å². The van der Waals surface area contributed by atoms with Gasteiger partial charge in [-0.3, -0.25) is 0 Å². The van der Waals surface area contributed by atoms with Gasteiger partial charge in [-0.25, -0.2) is 9.37 Å². The lowest BCUT2D eigenvalue weighted by Crippen LogP contribution is -1.99. The summed E-state index contributed by atoms with van der Waals surface area (Å²) in [6, 6.07) is 8.02. The number of benzene rings is 1. The zero-order valence-electron chi connectivity index (χ0n) is 8.71. The fourth-order valence-corrected chi connectivity index (χ4v) is 1.66. The van der Waals surface area contributed by atoms with E-state index >= 15 is 0 Å². The second-order valence-corrected chi connectivity index (χ2v) is 3.49. The molecule has 2 N–H and O–H groups in total. The predicted molar refractivity (Wildman–Crippen MR) is 60.6 cm³/mol. The van der Waals surface area contributed by atoms with Gasteiger partial charge in [-0.2, -0.15) is 9.50 Å². The lowest BCUT2D eigenvalue weighted by Gasteiger charge is -2.03. The van der Waals surface area contributed by atoms with Crippen molar-refractivity contribution >= 4 is 11.6 Å². The highest BCUT2D eigenvalue weighted by molar-refractivity contribution is 5.59. The van der Waals surface area contributed by atoms with Crippen LogP contribution in [0.25, 0.3) is 17.0 Å². The molecule has 0 spiro atoms. The number of hydrogen-bond donors (Lipinski definition) is 1. The number of hydrogen-bond acceptors (Lipinski definition) is 4. The maximum atomic E-state index is 13.7. The number of anilines is 1. The van der Waals surface area contributed by atoms with Crippen molar-refractivity contribution in [2.75, 3.05) is 5.73 Å². The number of aromatic nitrogens is 4. The Bertz CT molecular complexity index is 691. The Balaban J connectivity index is 2.34. The maximum absolute atomic E-state index is 13.7. The zero-order valence-corrected chi connectivity index (χ0v) is 8.71. The Hall–Kier alpha value is -2.50. The van der Waals surface area contributed by atoms with E-state index in [-0.39, 0.29) is 11.8 Å². The second-order valence-electron chi connectivity index (χ2n) is 3.49. The third-order valence-corrected chi connectivity index (χ3v) is 2.38. The van der Waals surface area contributed by atoms with Crippen molar-refractivity contribution < 1.29 is 4.39 Å². The van der Waals surface area contributed by atoms with Crippen LogP contribution in [0.3, 0.4) is 0 Å². The fourth-order valence-electron chi connectivity index (χ4n) is 1.66. The molecule has 0 unspecified atom stereocenters. The number of fused-ring (bicyclic) bond motifs is 1. The molecule has 0 aliphatic rings. The first kappa shape index (κ1) is 9.71. The molecule has 0 aliphatic carbocycles. The van der Waals surface area contributed by atoms with E-state index in [0.29, 0.717) is 17.0 Å². The highest BCUT2D eigenvalue weighted by Crippen LogP contribution is 2.20. The van der Waals surface area contributed by atoms with Crippen LogP contribution in [0.15, 0.2) is 36.5 Å². The molecule has 2 aromatic heterocycles. The molecule has 3 aromatic rings. The van der Waals surface area contributed by atoms with Crippen molar-refractivity contribution in [2.45, 2.75) is 0 Å². The van der Waals surface area contributed by atoms with E-state index in [1.165, 1.54) is 10.6 Å². The van der Waals surface area contributed by atoms with Crippen LogP contribution >= 0.6 is 0 Å². The Morgan fingerprint density at radius 1 is 1.18 bits per heavy atom. The fraction of sp³-hybridized carbons (Fsp3) is 0. The summed E-state index contributed by atoms with van der Waals surface area (Å²) >= 11 is 0. The lowest BCUT2D eigenvalue weighted by molar-refractivity contribution is 0.629. The molecule has 0 amide bonds. The normalized spacial score (nSPS) is 10.9. The molecule has 5 nitrogen and oxygen atoms in total. The van der Waals surface area contributed by atoms with Gasteiger partial charge in [-0.1, -0.05) is 12.1 Å². The summed E-state index contributed by atoms with van der Waals surface area (Å²) in [6.45, 7) is 0. The van der Waals surface area contributed by atoms with Gasteiger partial charge in [0.2, 0.25) is 5.95 Å². The van der Waals surface area contributed by atoms with Crippen molar-refractivity contribution in [3.05, 3.63) is 42.3 Å². The van der Waals surface area contributed by atoms with Crippen molar-refractivity contribution in [2.24, 2.45) is 0 Å². The summed E-state index contributed by atoms with van der Waals surface area (Å²) < 4.78 is 15.1. The molecule has 84 valence electrons. The molecule has 0 aliphatic heterocycles. The molecule has 0 fully saturated rings. The Morgan fingerprint density at radius 3 is 2.82 bits per heavy atom. The first-order chi connectivity index (χ1) is 8.25. The molecule has 0 atom stereocenters. The quantitative estimate of drug-likeness (QED) is 0.686. The van der Waals surface area contributed by atoms with E-state index in [9.17, 15) is 4.39 Å². The minimum Gasteiger partial charge on any atom is -0.366 e. The van der Waals surface area contributed by atoms with Crippen LogP contribution in [0, 0.1) is 5.82 Å². The molecule has 6 heteroatoms. The molecule has 1 aromatic carbocycles. The van der Waals surface area contributed by atoms with E-state index in [2.05, 4.69) is 15.1 Å². The van der Waals surface area contributed by atoms with Gasteiger partial charge in [0.15, 0.2) is 11.5 Å². The number of nitrogens with two attached hydrogens (primary N) is 1. The molecule has 0 saturated carbocycles. The lowest BCUT2D eigenvalue weighted by atomic mass is 10.2. The highest BCUT2D eigenvalue weighted by Gasteiger charge is 2.11. The van der Waals surface area contributed by atoms with Crippen molar-refractivity contribution in [1.82, 2.24) is 19.6 Å². The monoisotopic (exact) mass is 229 g/mol. The van der Waals surface area contributed by atoms with Crippen LogP contribution in [-0.2, 0) is 0 Å². The van der Waals surface area contributed by atoms with E-state index in [1.54, 1.807) is 30.5 Å². The van der Waals surface area contributed by atoms with Gasteiger partial charge in [0.25, 0.3) is 0 Å². The largest absolute Gasteiger partial charge is 0.366 e. The Labute approximate surface area is 95.7 Å². The van der Waals surface area contributed by atoms with Gasteiger partial charge >= 0.3 is 0 Å². The molecule has 0 radical (unpaired) electrons. The Kier molecular flexibility index (Phi) is 2.01. The van der Waals surface area contributed by atoms with Gasteiger partial charge in [0, 0.05) is 12.3 Å². The van der Waals surface area contributed by atoms with Crippen LogP contribution in [-0.4, -0.2) is 19.6 Å². The van der Waals surface area contributed by atoms with Gasteiger partial charge in [0.05, 0.1) is 5.56 Å². The second kappa shape index (κ2) is 3.51. The first-order valence-corrected chi connectivity index (χ1v) is 4.98. The third-order valence-electron chi connectivity index (χ3n) is 2.38. The molecule has 0 saturated heterocycles. The minimum atomic E-state index is -0.360. The Morgan fingerprint density at radius 2 is 2.00 bits per heavy atom. The number of nitrogens with zero attached hydrogens (tertiary/aromatic N) is 4. The van der Waals surface area contributed by atoms with Crippen LogP contribution in [0.4, 0.5) is 10.3 Å². The van der Waals surface area contributed by atoms with Crippen LogP contribution in [0.1, 0.15) is 0 Å². The first-order valence-electron chi connectivity index (χ1n) is 4.98. The van der Waals surface area contributed by atoms with Gasteiger partial charge in [-0.15, -0.1) is 5.10 Å². The topological polar surface area (TPSA) is 69.1 Å². The van der Waals surface area contributed by atoms with E-state index in [4.69, 9.17) is 5.73 Å². The average Bonchev–Trinajstić information content (AvgIpc) is 2.70. The SMILES string of the molecule is Nc1nc2ccnc(-c3ccccc3F)n2n1. The van der Waals surface area contributed by atoms with Gasteiger partial charge < -0.3 is 5.73 Å². The molecule has 3 rings (SSSR count). The van der Waals surface area contributed by atoms with E-state index in [1.807, 2.05) is 0 Å². The average molecular weight is 229 g/mol. The van der Waals surface area contributed by atoms with Crippen LogP contribution < -0.4 is 5.73 Å². The number of nitrogen functional groups attached to an aromatic ring is 1.